The summed E-state index contributed by atoms with van der Waals surface area (Å²) in [5.74, 6) is -1.45. The molecule has 0 aliphatic carbocycles. The molecule has 1 unspecified atom stereocenters. The highest BCUT2D eigenvalue weighted by Gasteiger charge is 2.27. The van der Waals surface area contributed by atoms with E-state index in [-0.39, 0.29) is 18.1 Å². The van der Waals surface area contributed by atoms with Gasteiger partial charge in [0.05, 0.1) is 11.3 Å². The van der Waals surface area contributed by atoms with Crippen LogP contribution < -0.4 is 10.1 Å². The second kappa shape index (κ2) is 9.69. The molecule has 0 spiro atoms. The number of hydrogen-bond donors (Lipinski definition) is 1. The molecular weight excluding hydrogens is 358 g/mol. The minimum atomic E-state index is -0.937. The molecule has 1 N–H and O–H groups in total. The number of benzene rings is 2. The van der Waals surface area contributed by atoms with Crippen molar-refractivity contribution in [3.05, 3.63) is 59.7 Å². The van der Waals surface area contributed by atoms with Crippen molar-refractivity contribution in [3.8, 4) is 5.75 Å². The van der Waals surface area contributed by atoms with Crippen LogP contribution in [0, 0.1) is 12.8 Å². The van der Waals surface area contributed by atoms with Crippen LogP contribution in [0.25, 0.3) is 0 Å². The summed E-state index contributed by atoms with van der Waals surface area (Å²) in [6, 6.07) is 13.6. The fourth-order valence-corrected chi connectivity index (χ4v) is 2.43. The minimum Gasteiger partial charge on any atom is -0.452 e. The number of anilines is 1. The Balaban J connectivity index is 2.16. The molecule has 0 aliphatic rings. The molecule has 0 saturated heterocycles. The number of rotatable bonds is 7. The quantitative estimate of drug-likeness (QED) is 0.574. The molecule has 2 aromatic rings. The second-order valence-electron chi connectivity index (χ2n) is 6.75. The summed E-state index contributed by atoms with van der Waals surface area (Å²) < 4.78 is 10.7. The molecule has 1 amide bonds. The van der Waals surface area contributed by atoms with E-state index in [9.17, 15) is 14.4 Å². The average Bonchev–Trinajstić information content (AvgIpc) is 2.67. The Morgan fingerprint density at radius 2 is 1.64 bits per heavy atom. The first-order chi connectivity index (χ1) is 13.3. The lowest BCUT2D eigenvalue weighted by atomic mass is 10.1. The van der Waals surface area contributed by atoms with Crippen LogP contribution in [0.2, 0.25) is 0 Å². The van der Waals surface area contributed by atoms with E-state index < -0.39 is 23.9 Å². The minimum absolute atomic E-state index is 0.182. The van der Waals surface area contributed by atoms with Gasteiger partial charge in [0.2, 0.25) is 0 Å². The van der Waals surface area contributed by atoms with Gasteiger partial charge in [-0.25, -0.2) is 4.79 Å². The van der Waals surface area contributed by atoms with Crippen LogP contribution in [-0.2, 0) is 14.3 Å². The Morgan fingerprint density at radius 1 is 1.00 bits per heavy atom. The van der Waals surface area contributed by atoms with Gasteiger partial charge in [-0.2, -0.15) is 0 Å². The smallest absolute Gasteiger partial charge is 0.343 e. The molecule has 0 aromatic heterocycles. The van der Waals surface area contributed by atoms with Crippen LogP contribution >= 0.6 is 0 Å². The number of amides is 1. The van der Waals surface area contributed by atoms with Crippen molar-refractivity contribution in [1.82, 2.24) is 0 Å². The van der Waals surface area contributed by atoms with Gasteiger partial charge in [-0.3, -0.25) is 9.59 Å². The van der Waals surface area contributed by atoms with Crippen molar-refractivity contribution >= 4 is 23.5 Å². The van der Waals surface area contributed by atoms with E-state index >= 15 is 0 Å². The number of nitrogens with one attached hydrogen (secondary N) is 1. The maximum absolute atomic E-state index is 12.6. The normalized spacial score (nSPS) is 11.6. The summed E-state index contributed by atoms with van der Waals surface area (Å²) in [5, 5.41) is 2.69. The summed E-state index contributed by atoms with van der Waals surface area (Å²) >= 11 is 0. The van der Waals surface area contributed by atoms with Crippen LogP contribution in [-0.4, -0.2) is 23.9 Å². The molecule has 0 saturated carbocycles. The Bertz CT molecular complexity index is 842. The van der Waals surface area contributed by atoms with Gasteiger partial charge < -0.3 is 14.8 Å². The van der Waals surface area contributed by atoms with E-state index in [0.717, 1.165) is 5.56 Å². The average molecular weight is 383 g/mol. The number of carbonyl (C=O) groups excluding carboxylic acids is 3. The molecule has 2 rings (SSSR count). The maximum Gasteiger partial charge on any atom is 0.343 e. The summed E-state index contributed by atoms with van der Waals surface area (Å²) in [4.78, 5) is 36.6. The molecule has 6 heteroatoms. The first-order valence-electron chi connectivity index (χ1n) is 9.20. The Hall–Kier alpha value is -3.15. The molecule has 2 aromatic carbocycles. The highest BCUT2D eigenvalue weighted by molar-refractivity contribution is 5.98. The molecule has 0 bridgehead atoms. The third-order valence-corrected chi connectivity index (χ3v) is 4.05. The lowest BCUT2D eigenvalue weighted by molar-refractivity contribution is -0.156. The van der Waals surface area contributed by atoms with E-state index in [2.05, 4.69) is 5.32 Å². The molecule has 0 heterocycles. The summed E-state index contributed by atoms with van der Waals surface area (Å²) in [6.07, 6.45) is -0.755. The number of ether oxygens (including phenoxy) is 2. The van der Waals surface area contributed by atoms with Gasteiger partial charge in [-0.05, 0) is 37.1 Å². The standard InChI is InChI=1S/C22H25NO5/c1-5-19(24)28-20(14(2)3)21(25)23-17-8-6-7-9-18(17)27-22(26)16-12-10-15(4)11-13-16/h6-14,20H,5H2,1-4H3,(H,23,25). The molecule has 28 heavy (non-hydrogen) atoms. The summed E-state index contributed by atoms with van der Waals surface area (Å²) in [5.41, 5.74) is 1.76. The first kappa shape index (κ1) is 21.2. The Morgan fingerprint density at radius 3 is 2.25 bits per heavy atom. The Labute approximate surface area is 164 Å². The van der Waals surface area contributed by atoms with Gasteiger partial charge in [0.25, 0.3) is 5.91 Å². The number of hydrogen-bond acceptors (Lipinski definition) is 5. The highest BCUT2D eigenvalue weighted by atomic mass is 16.5. The lowest BCUT2D eigenvalue weighted by Crippen LogP contribution is -2.36. The van der Waals surface area contributed by atoms with Gasteiger partial charge in [-0.15, -0.1) is 0 Å². The van der Waals surface area contributed by atoms with Gasteiger partial charge in [0, 0.05) is 6.42 Å². The highest BCUT2D eigenvalue weighted by Crippen LogP contribution is 2.26. The van der Waals surface area contributed by atoms with E-state index in [1.54, 1.807) is 57.2 Å². The molecule has 0 fully saturated rings. The number of para-hydroxylation sites is 2. The van der Waals surface area contributed by atoms with Crippen molar-refractivity contribution in [1.29, 1.82) is 0 Å². The van der Waals surface area contributed by atoms with Gasteiger partial charge in [0.1, 0.15) is 0 Å². The summed E-state index contributed by atoms with van der Waals surface area (Å²) in [6.45, 7) is 7.17. The molecule has 0 aliphatic heterocycles. The van der Waals surface area contributed by atoms with E-state index in [1.165, 1.54) is 0 Å². The van der Waals surface area contributed by atoms with Crippen molar-refractivity contribution in [3.63, 3.8) is 0 Å². The number of esters is 2. The third-order valence-electron chi connectivity index (χ3n) is 4.05. The van der Waals surface area contributed by atoms with E-state index in [1.807, 2.05) is 19.1 Å². The van der Waals surface area contributed by atoms with Crippen LogP contribution in [0.4, 0.5) is 5.69 Å². The number of carbonyl (C=O) groups is 3. The fourth-order valence-electron chi connectivity index (χ4n) is 2.43. The monoisotopic (exact) mass is 383 g/mol. The predicted octanol–water partition coefficient (Wildman–Crippen LogP) is 4.13. The van der Waals surface area contributed by atoms with Crippen molar-refractivity contribution in [2.45, 2.75) is 40.2 Å². The fraction of sp³-hybridized carbons (Fsp3) is 0.318. The van der Waals surface area contributed by atoms with Crippen molar-refractivity contribution < 1.29 is 23.9 Å². The van der Waals surface area contributed by atoms with Crippen LogP contribution in [0.15, 0.2) is 48.5 Å². The third kappa shape index (κ3) is 5.67. The zero-order valence-corrected chi connectivity index (χ0v) is 16.5. The molecular formula is C22H25NO5. The van der Waals surface area contributed by atoms with Gasteiger partial charge in [-0.1, -0.05) is 50.6 Å². The predicted molar refractivity (Wildman–Crippen MR) is 106 cm³/mol. The van der Waals surface area contributed by atoms with Crippen LogP contribution in [0.3, 0.4) is 0 Å². The van der Waals surface area contributed by atoms with Gasteiger partial charge >= 0.3 is 11.9 Å². The topological polar surface area (TPSA) is 81.7 Å². The number of aryl methyl sites for hydroxylation is 1. The van der Waals surface area contributed by atoms with Crippen LogP contribution in [0.5, 0.6) is 5.75 Å². The zero-order chi connectivity index (χ0) is 20.7. The zero-order valence-electron chi connectivity index (χ0n) is 16.5. The lowest BCUT2D eigenvalue weighted by Gasteiger charge is -2.21. The van der Waals surface area contributed by atoms with E-state index in [4.69, 9.17) is 9.47 Å². The van der Waals surface area contributed by atoms with Crippen LogP contribution in [0.1, 0.15) is 43.1 Å². The summed E-state index contributed by atoms with van der Waals surface area (Å²) in [7, 11) is 0. The van der Waals surface area contributed by atoms with E-state index in [0.29, 0.717) is 11.3 Å². The maximum atomic E-state index is 12.6. The first-order valence-corrected chi connectivity index (χ1v) is 9.20. The SMILES string of the molecule is CCC(=O)OC(C(=O)Nc1ccccc1OC(=O)c1ccc(C)cc1)C(C)C. The van der Waals surface area contributed by atoms with Gasteiger partial charge in [0.15, 0.2) is 11.9 Å². The molecule has 0 radical (unpaired) electrons. The molecule has 1 atom stereocenters. The molecule has 148 valence electrons. The second-order valence-corrected chi connectivity index (χ2v) is 6.75. The Kier molecular flexibility index (Phi) is 7.32. The van der Waals surface area contributed by atoms with Crippen molar-refractivity contribution in [2.24, 2.45) is 5.92 Å². The van der Waals surface area contributed by atoms with Crippen molar-refractivity contribution in [2.75, 3.05) is 5.32 Å². The molecule has 6 nitrogen and oxygen atoms in total. The largest absolute Gasteiger partial charge is 0.452 e.